The molecule has 158 valence electrons. The lowest BCUT2D eigenvalue weighted by molar-refractivity contribution is -0.124. The Morgan fingerprint density at radius 1 is 1.27 bits per heavy atom. The monoisotopic (exact) mass is 410 g/mol. The molecule has 1 aliphatic rings. The molecule has 2 heterocycles. The Morgan fingerprint density at radius 2 is 2.03 bits per heavy atom. The number of aliphatic imine (C=N–C) groups is 1. The summed E-state index contributed by atoms with van der Waals surface area (Å²) in [5.41, 5.74) is 3.97. The molecule has 2 N–H and O–H groups in total. The van der Waals surface area contributed by atoms with E-state index in [9.17, 15) is 14.4 Å². The molecular weight excluding hydrogens is 384 g/mol. The second-order valence-electron chi connectivity index (χ2n) is 7.20. The van der Waals surface area contributed by atoms with Crippen molar-refractivity contribution in [2.45, 2.75) is 38.6 Å². The zero-order chi connectivity index (χ0) is 21.5. The van der Waals surface area contributed by atoms with Crippen LogP contribution in [0.25, 0.3) is 0 Å². The first-order valence-corrected chi connectivity index (χ1v) is 9.76. The van der Waals surface area contributed by atoms with Gasteiger partial charge in [0.1, 0.15) is 12.2 Å². The number of hydrazine groups is 1. The van der Waals surface area contributed by atoms with Crippen molar-refractivity contribution in [2.24, 2.45) is 4.99 Å². The molecule has 1 aromatic carbocycles. The van der Waals surface area contributed by atoms with Crippen molar-refractivity contribution in [3.05, 3.63) is 64.4 Å². The summed E-state index contributed by atoms with van der Waals surface area (Å²) < 4.78 is 1.52. The van der Waals surface area contributed by atoms with Gasteiger partial charge in [0.2, 0.25) is 6.41 Å². The van der Waals surface area contributed by atoms with Crippen LogP contribution in [0, 0.1) is 0 Å². The van der Waals surface area contributed by atoms with E-state index in [4.69, 9.17) is 0 Å². The van der Waals surface area contributed by atoms with Crippen molar-refractivity contribution in [3.63, 3.8) is 0 Å². The van der Waals surface area contributed by atoms with Crippen LogP contribution in [-0.4, -0.2) is 47.5 Å². The Kier molecular flexibility index (Phi) is 6.97. The van der Waals surface area contributed by atoms with Crippen molar-refractivity contribution in [1.29, 1.82) is 0 Å². The fourth-order valence-electron chi connectivity index (χ4n) is 3.18. The van der Waals surface area contributed by atoms with Crippen LogP contribution in [0.1, 0.15) is 18.9 Å². The van der Waals surface area contributed by atoms with E-state index in [2.05, 4.69) is 15.7 Å². The normalized spacial score (nSPS) is 16.3. The number of nitrogens with zero attached hydrogens (tertiary/aromatic N) is 4. The highest BCUT2D eigenvalue weighted by Crippen LogP contribution is 2.10. The van der Waals surface area contributed by atoms with Crippen molar-refractivity contribution in [2.75, 3.05) is 11.9 Å². The van der Waals surface area contributed by atoms with Crippen LogP contribution in [-0.2, 0) is 22.7 Å². The summed E-state index contributed by atoms with van der Waals surface area (Å²) in [6.45, 7) is 2.85. The predicted octanol–water partition coefficient (Wildman–Crippen LogP) is 0.711. The third kappa shape index (κ3) is 5.32. The second-order valence-corrected chi connectivity index (χ2v) is 7.20. The third-order valence-corrected chi connectivity index (χ3v) is 4.81. The van der Waals surface area contributed by atoms with Gasteiger partial charge in [-0.1, -0.05) is 36.4 Å². The van der Waals surface area contributed by atoms with E-state index >= 15 is 0 Å². The molecule has 0 saturated heterocycles. The lowest BCUT2D eigenvalue weighted by Gasteiger charge is -2.21. The fraction of sp³-hybridized carbons (Fsp3) is 0.333. The van der Waals surface area contributed by atoms with Crippen LogP contribution in [0.4, 0.5) is 5.82 Å². The van der Waals surface area contributed by atoms with E-state index in [-0.39, 0.29) is 17.5 Å². The highest BCUT2D eigenvalue weighted by Gasteiger charge is 2.24. The number of carbonyl (C=O) groups excluding carboxylic acids is 2. The molecule has 0 radical (unpaired) electrons. The van der Waals surface area contributed by atoms with Crippen molar-refractivity contribution >= 4 is 24.5 Å². The quantitative estimate of drug-likeness (QED) is 0.594. The number of nitrogens with one attached hydrogen (secondary N) is 2. The maximum atomic E-state index is 12.5. The van der Waals surface area contributed by atoms with Gasteiger partial charge in [-0.15, -0.1) is 0 Å². The van der Waals surface area contributed by atoms with E-state index in [1.807, 2.05) is 37.3 Å². The first-order valence-electron chi connectivity index (χ1n) is 9.76. The third-order valence-electron chi connectivity index (χ3n) is 4.81. The average molecular weight is 410 g/mol. The number of carbonyl (C=O) groups is 2. The number of benzene rings is 1. The maximum absolute atomic E-state index is 12.5. The first kappa shape index (κ1) is 21.3. The van der Waals surface area contributed by atoms with E-state index in [0.29, 0.717) is 31.7 Å². The Bertz CT molecular complexity index is 959. The topological polar surface area (TPSA) is 99.0 Å². The largest absolute Gasteiger partial charge is 0.350 e. The summed E-state index contributed by atoms with van der Waals surface area (Å²) in [6.07, 6.45) is 2.11. The minimum atomic E-state index is -0.688. The summed E-state index contributed by atoms with van der Waals surface area (Å²) >= 11 is 0. The number of amides is 2. The summed E-state index contributed by atoms with van der Waals surface area (Å²) in [7, 11) is 1.59. The molecule has 0 saturated carbocycles. The molecule has 0 fully saturated rings. The average Bonchev–Trinajstić information content (AvgIpc) is 3.21. The van der Waals surface area contributed by atoms with E-state index in [1.165, 1.54) is 15.5 Å². The number of hydrogen-bond donors (Lipinski definition) is 2. The summed E-state index contributed by atoms with van der Waals surface area (Å²) in [4.78, 5) is 41.4. The lowest BCUT2D eigenvalue weighted by atomic mass is 10.2. The highest BCUT2D eigenvalue weighted by atomic mass is 16.2. The number of pyridine rings is 1. The van der Waals surface area contributed by atoms with Gasteiger partial charge in [0, 0.05) is 25.7 Å². The van der Waals surface area contributed by atoms with E-state index in [1.54, 1.807) is 30.5 Å². The molecule has 0 spiro atoms. The number of hydrogen-bond acceptors (Lipinski definition) is 6. The highest BCUT2D eigenvalue weighted by molar-refractivity contribution is 5.84. The minimum absolute atomic E-state index is 0.181. The zero-order valence-electron chi connectivity index (χ0n) is 17.1. The molecule has 1 aliphatic heterocycles. The molecule has 1 aromatic heterocycles. The number of rotatable bonds is 9. The Balaban J connectivity index is 1.51. The number of anilines is 1. The molecular formula is C21H26N6O3. The molecule has 2 aromatic rings. The smallest absolute Gasteiger partial charge is 0.261 e. The molecule has 9 nitrogen and oxygen atoms in total. The standard InChI is InChI=1S/C21H26N6O3/c1-16(11-12-27-18(25(2)15-28)9-6-10-19(27)29)23-21(30)20-22-14-26(24-20)13-17-7-4-3-5-8-17/h3-10,14-16,20,24H,11-13H2,1-2H3,(H,23,30). The van der Waals surface area contributed by atoms with Gasteiger partial charge in [-0.25, -0.2) is 10.4 Å². The van der Waals surface area contributed by atoms with Crippen molar-refractivity contribution in [1.82, 2.24) is 20.3 Å². The number of aromatic nitrogens is 1. The van der Waals surface area contributed by atoms with Gasteiger partial charge in [0.25, 0.3) is 11.5 Å². The van der Waals surface area contributed by atoms with Crippen LogP contribution < -0.4 is 21.2 Å². The predicted molar refractivity (Wildman–Crippen MR) is 115 cm³/mol. The minimum Gasteiger partial charge on any atom is -0.350 e. The van der Waals surface area contributed by atoms with E-state index in [0.717, 1.165) is 5.56 Å². The Morgan fingerprint density at radius 3 is 2.77 bits per heavy atom. The van der Waals surface area contributed by atoms with Gasteiger partial charge in [0.05, 0.1) is 6.54 Å². The van der Waals surface area contributed by atoms with Gasteiger partial charge in [-0.05, 0) is 25.0 Å². The molecule has 2 unspecified atom stereocenters. The van der Waals surface area contributed by atoms with Crippen molar-refractivity contribution in [3.8, 4) is 0 Å². The summed E-state index contributed by atoms with van der Waals surface area (Å²) in [5, 5.41) is 4.69. The van der Waals surface area contributed by atoms with Gasteiger partial charge >= 0.3 is 0 Å². The van der Waals surface area contributed by atoms with Crippen molar-refractivity contribution < 1.29 is 9.59 Å². The van der Waals surface area contributed by atoms with Crippen LogP contribution in [0.5, 0.6) is 0 Å². The molecule has 3 rings (SSSR count). The van der Waals surface area contributed by atoms with Crippen LogP contribution in [0.3, 0.4) is 0 Å². The lowest BCUT2D eigenvalue weighted by Crippen LogP contribution is -2.48. The molecule has 9 heteroatoms. The Hall–Kier alpha value is -3.46. The molecule has 0 bridgehead atoms. The SMILES string of the molecule is CC(CCn1c(N(C)C=O)cccc1=O)NC(=O)C1N=CN(Cc2ccccc2)N1. The first-order chi connectivity index (χ1) is 14.5. The molecule has 2 atom stereocenters. The maximum Gasteiger partial charge on any atom is 0.261 e. The van der Waals surface area contributed by atoms with Gasteiger partial charge in [-0.2, -0.15) is 0 Å². The van der Waals surface area contributed by atoms with Gasteiger partial charge in [0.15, 0.2) is 6.17 Å². The molecule has 0 aliphatic carbocycles. The molecule has 2 amide bonds. The molecule has 30 heavy (non-hydrogen) atoms. The fourth-order valence-corrected chi connectivity index (χ4v) is 3.18. The Labute approximate surface area is 175 Å². The summed E-state index contributed by atoms with van der Waals surface area (Å²) in [5.74, 6) is 0.273. The van der Waals surface area contributed by atoms with E-state index < -0.39 is 6.17 Å². The van der Waals surface area contributed by atoms with Crippen LogP contribution in [0.15, 0.2) is 58.3 Å². The zero-order valence-corrected chi connectivity index (χ0v) is 17.1. The van der Waals surface area contributed by atoms with Crippen LogP contribution in [0.2, 0.25) is 0 Å². The van der Waals surface area contributed by atoms with Gasteiger partial charge < -0.3 is 10.2 Å². The second kappa shape index (κ2) is 9.84. The van der Waals surface area contributed by atoms with Gasteiger partial charge in [-0.3, -0.25) is 24.0 Å². The summed E-state index contributed by atoms with van der Waals surface area (Å²) in [6, 6.07) is 14.5. The van der Waals surface area contributed by atoms with Crippen LogP contribution >= 0.6 is 0 Å².